The minimum atomic E-state index is -1.01. The first-order valence-corrected chi connectivity index (χ1v) is 8.06. The maximum Gasteiger partial charge on any atom is 0.309 e. The summed E-state index contributed by atoms with van der Waals surface area (Å²) in [6.45, 7) is -0.122. The van der Waals surface area contributed by atoms with Gasteiger partial charge in [0.1, 0.15) is 0 Å². The van der Waals surface area contributed by atoms with E-state index in [0.717, 1.165) is 5.56 Å². The molecule has 24 heavy (non-hydrogen) atoms. The summed E-state index contributed by atoms with van der Waals surface area (Å²) in [6, 6.07) is 9.34. The largest absolute Gasteiger partial charge is 0.481 e. The molecule has 1 aliphatic rings. The molecule has 9 nitrogen and oxygen atoms in total. The smallest absolute Gasteiger partial charge is 0.309 e. The second-order valence-corrected chi connectivity index (χ2v) is 6.02. The Kier molecular flexibility index (Phi) is 6.61. The number of amides is 1. The summed E-state index contributed by atoms with van der Waals surface area (Å²) in [5, 5.41) is 10.3. The van der Waals surface area contributed by atoms with Crippen LogP contribution in [0.5, 0.6) is 0 Å². The van der Waals surface area contributed by atoms with Gasteiger partial charge in [-0.3, -0.25) is 14.4 Å². The molecule has 1 aromatic rings. The second-order valence-electron chi connectivity index (χ2n) is 4.59. The average molecular weight is 352 g/mol. The van der Waals surface area contributed by atoms with Gasteiger partial charge in [-0.1, -0.05) is 34.9 Å². The molecule has 1 atom stereocenters. The monoisotopic (exact) mass is 352 g/mol. The Morgan fingerprint density at radius 3 is 2.79 bits per heavy atom. The fourth-order valence-corrected chi connectivity index (χ4v) is 2.66. The minimum Gasteiger partial charge on any atom is -0.481 e. The van der Waals surface area contributed by atoms with Crippen LogP contribution in [0.25, 0.3) is 0 Å². The van der Waals surface area contributed by atoms with Crippen molar-refractivity contribution < 1.29 is 24.4 Å². The van der Waals surface area contributed by atoms with E-state index in [1.165, 1.54) is 5.41 Å². The number of hydroxylamine groups is 1. The van der Waals surface area contributed by atoms with Crippen LogP contribution in [0.1, 0.15) is 12.0 Å². The lowest BCUT2D eigenvalue weighted by Crippen LogP contribution is -2.27. The predicted molar refractivity (Wildman–Crippen MR) is 87.1 cm³/mol. The van der Waals surface area contributed by atoms with E-state index in [2.05, 4.69) is 15.0 Å². The predicted octanol–water partition coefficient (Wildman–Crippen LogP) is 0.612. The van der Waals surface area contributed by atoms with Crippen LogP contribution in [-0.2, 0) is 36.6 Å². The van der Waals surface area contributed by atoms with Crippen LogP contribution in [0.4, 0.5) is 0 Å². The van der Waals surface area contributed by atoms with Crippen molar-refractivity contribution in [3.8, 4) is 0 Å². The summed E-state index contributed by atoms with van der Waals surface area (Å²) in [7, 11) is -0.986. The van der Waals surface area contributed by atoms with Gasteiger partial charge in [-0.2, -0.15) is 0 Å². The number of amidine groups is 1. The van der Waals surface area contributed by atoms with Gasteiger partial charge in [0.15, 0.2) is 11.8 Å². The van der Waals surface area contributed by atoms with E-state index < -0.39 is 22.6 Å². The first kappa shape index (κ1) is 17.8. The molecule has 1 aromatic carbocycles. The van der Waals surface area contributed by atoms with E-state index in [1.807, 2.05) is 30.3 Å². The van der Waals surface area contributed by atoms with E-state index in [4.69, 9.17) is 20.5 Å². The van der Waals surface area contributed by atoms with Gasteiger partial charge in [0.2, 0.25) is 0 Å². The first-order valence-electron chi connectivity index (χ1n) is 6.82. The molecule has 1 amide bonds. The van der Waals surface area contributed by atoms with Crippen LogP contribution in [0.15, 0.2) is 51.0 Å². The number of carbonyl (C=O) groups is 2. The Morgan fingerprint density at radius 2 is 2.08 bits per heavy atom. The fourth-order valence-electron chi connectivity index (χ4n) is 1.65. The molecule has 4 N–H and O–H groups in total. The molecule has 0 fully saturated rings. The minimum absolute atomic E-state index is 0.145. The third kappa shape index (κ3) is 5.91. The van der Waals surface area contributed by atoms with Crippen LogP contribution in [-0.4, -0.2) is 28.8 Å². The maximum atomic E-state index is 11.5. The topological polar surface area (TPSA) is 136 Å². The highest BCUT2D eigenvalue weighted by Crippen LogP contribution is 2.14. The molecular formula is C14H16N4O5S. The van der Waals surface area contributed by atoms with E-state index in [1.54, 1.807) is 0 Å². The van der Waals surface area contributed by atoms with Crippen molar-refractivity contribution in [3.05, 3.63) is 47.0 Å². The molecule has 0 saturated carbocycles. The zero-order valence-corrected chi connectivity index (χ0v) is 13.4. The second kappa shape index (κ2) is 8.91. The van der Waals surface area contributed by atoms with E-state index in [-0.39, 0.29) is 24.8 Å². The average Bonchev–Trinajstić information content (AvgIpc) is 2.87. The van der Waals surface area contributed by atoms with Gasteiger partial charge in [0, 0.05) is 16.1 Å². The number of hydrogen-bond acceptors (Lipinski definition) is 7. The van der Waals surface area contributed by atoms with Crippen LogP contribution in [0, 0.1) is 0 Å². The van der Waals surface area contributed by atoms with E-state index in [0.29, 0.717) is 5.70 Å². The number of nitrogens with one attached hydrogen (secondary N) is 1. The number of carbonyl (C=O) groups excluding carboxylic acids is 1. The van der Waals surface area contributed by atoms with Crippen molar-refractivity contribution in [3.63, 3.8) is 0 Å². The third-order valence-corrected chi connectivity index (χ3v) is 3.93. The number of nitrogens with two attached hydrogens (primary N) is 1. The van der Waals surface area contributed by atoms with Gasteiger partial charge in [-0.05, 0) is 5.56 Å². The fraction of sp³-hybridized carbons (Fsp3) is 0.214. The molecule has 0 aromatic heterocycles. The number of carboxylic acid groups (broad SMARTS) is 1. The van der Waals surface area contributed by atoms with Crippen LogP contribution >= 0.6 is 0 Å². The molecule has 0 spiro atoms. The molecule has 0 saturated heterocycles. The van der Waals surface area contributed by atoms with E-state index >= 15 is 0 Å². The molecule has 2 rings (SSSR count). The van der Waals surface area contributed by atoms with Crippen LogP contribution in [0.3, 0.4) is 0 Å². The molecule has 1 unspecified atom stereocenters. The van der Waals surface area contributed by atoms with Crippen molar-refractivity contribution in [2.24, 2.45) is 15.3 Å². The summed E-state index contributed by atoms with van der Waals surface area (Å²) < 4.78 is 3.75. The van der Waals surface area contributed by atoms with Gasteiger partial charge in [-0.15, -0.1) is 0 Å². The van der Waals surface area contributed by atoms with Crippen molar-refractivity contribution in [1.29, 1.82) is 0 Å². The summed E-state index contributed by atoms with van der Waals surface area (Å²) in [5.74, 6) is -1.53. The lowest BCUT2D eigenvalue weighted by Gasteiger charge is -2.05. The molecule has 10 heteroatoms. The van der Waals surface area contributed by atoms with Gasteiger partial charge in [0.05, 0.1) is 18.7 Å². The maximum absolute atomic E-state index is 11.5. The standard InChI is InChI=1S/C14H16N4O5S/c15-14-16-11(6-13(20)21)9-24(14)18-23-8-12(19)17-22-7-10-4-2-1-3-5-10/h1-5,9H,6-8H2,(H2,15,16)(H,17,19)(H,20,21). The number of aliphatic carboxylic acids is 1. The van der Waals surface area contributed by atoms with Crippen molar-refractivity contribution in [2.75, 3.05) is 6.61 Å². The number of hydrogen-bond donors (Lipinski definition) is 3. The highest BCUT2D eigenvalue weighted by atomic mass is 32.2. The summed E-state index contributed by atoms with van der Waals surface area (Å²) in [6.07, 6.45) is -0.243. The van der Waals surface area contributed by atoms with Crippen molar-refractivity contribution >= 4 is 27.7 Å². The number of aliphatic imine (C=N–C) groups is 1. The number of rotatable bonds is 8. The highest BCUT2D eigenvalue weighted by molar-refractivity contribution is 8.05. The molecule has 0 aliphatic carbocycles. The van der Waals surface area contributed by atoms with Crippen molar-refractivity contribution in [2.45, 2.75) is 13.0 Å². The normalized spacial score (nSPS) is 16.6. The number of carboxylic acids is 1. The molecule has 128 valence electrons. The van der Waals surface area contributed by atoms with Crippen LogP contribution < -0.4 is 11.2 Å². The van der Waals surface area contributed by atoms with E-state index in [9.17, 15) is 9.59 Å². The van der Waals surface area contributed by atoms with Gasteiger partial charge >= 0.3 is 5.97 Å². The quantitative estimate of drug-likeness (QED) is 0.587. The lowest BCUT2D eigenvalue weighted by atomic mass is 10.2. The number of nitrogens with zero attached hydrogens (tertiary/aromatic N) is 2. The Morgan fingerprint density at radius 1 is 1.33 bits per heavy atom. The molecule has 1 heterocycles. The highest BCUT2D eigenvalue weighted by Gasteiger charge is 2.15. The van der Waals surface area contributed by atoms with Crippen molar-refractivity contribution in [1.82, 2.24) is 5.48 Å². The molecule has 1 aliphatic heterocycles. The van der Waals surface area contributed by atoms with Gasteiger partial charge < -0.3 is 10.8 Å². The first-order chi connectivity index (χ1) is 11.5. The zero-order valence-electron chi connectivity index (χ0n) is 12.5. The number of benzene rings is 1. The SMILES string of the molecule is NC1=NC(CC(=O)O)=CS1=NOCC(=O)NOCc1ccccc1. The lowest BCUT2D eigenvalue weighted by molar-refractivity contribution is -0.139. The third-order valence-electron chi connectivity index (χ3n) is 2.64. The van der Waals surface area contributed by atoms with Gasteiger partial charge in [0.25, 0.3) is 5.91 Å². The molecular weight excluding hydrogens is 336 g/mol. The van der Waals surface area contributed by atoms with Gasteiger partial charge in [-0.25, -0.2) is 15.3 Å². The Bertz CT molecular complexity index is 702. The summed E-state index contributed by atoms with van der Waals surface area (Å²) >= 11 is 0. The zero-order chi connectivity index (χ0) is 17.4. The summed E-state index contributed by atoms with van der Waals surface area (Å²) in [5.41, 5.74) is 9.08. The Hall–Kier alpha value is -2.56. The Balaban J connectivity index is 1.71. The molecule has 0 radical (unpaired) electrons. The Labute approximate surface area is 140 Å². The van der Waals surface area contributed by atoms with Crippen LogP contribution in [0.2, 0.25) is 0 Å². The summed E-state index contributed by atoms with van der Waals surface area (Å²) in [4.78, 5) is 35.9. The molecule has 0 bridgehead atoms.